The third-order valence-corrected chi connectivity index (χ3v) is 3.48. The molecule has 5 heteroatoms. The fraction of sp³-hybridized carbons (Fsp3) is 0.500. The van der Waals surface area contributed by atoms with Gasteiger partial charge in [0.1, 0.15) is 5.75 Å². The molecule has 1 aromatic rings. The van der Waals surface area contributed by atoms with Gasteiger partial charge in [-0.15, -0.1) is 0 Å². The summed E-state index contributed by atoms with van der Waals surface area (Å²) in [5, 5.41) is 3.60. The fourth-order valence-corrected chi connectivity index (χ4v) is 2.43. The molecule has 2 rings (SSSR count). The minimum absolute atomic E-state index is 0.0351. The molecule has 1 saturated heterocycles. The van der Waals surface area contributed by atoms with E-state index in [1.165, 1.54) is 0 Å². The predicted molar refractivity (Wildman–Crippen MR) is 75.5 cm³/mol. The Balaban J connectivity index is 1.90. The van der Waals surface area contributed by atoms with Gasteiger partial charge in [-0.2, -0.15) is 0 Å². The number of amides is 1. The molecule has 0 radical (unpaired) electrons. The average Bonchev–Trinajstić information content (AvgIpc) is 2.92. The Morgan fingerprint density at radius 1 is 1.42 bits per heavy atom. The minimum atomic E-state index is 0.0351. The van der Waals surface area contributed by atoms with E-state index in [2.05, 4.69) is 5.32 Å². The van der Waals surface area contributed by atoms with Crippen LogP contribution in [0.15, 0.2) is 18.2 Å². The predicted octanol–water partition coefficient (Wildman–Crippen LogP) is 2.06. The van der Waals surface area contributed by atoms with E-state index >= 15 is 0 Å². The van der Waals surface area contributed by atoms with Crippen LogP contribution in [-0.4, -0.2) is 37.6 Å². The minimum Gasteiger partial charge on any atom is -0.482 e. The quantitative estimate of drug-likeness (QED) is 0.899. The van der Waals surface area contributed by atoms with Crippen LogP contribution in [0.4, 0.5) is 0 Å². The molecule has 1 amide bonds. The maximum absolute atomic E-state index is 11.8. The molecular formula is C14H19ClN2O2. The third kappa shape index (κ3) is 3.85. The molecule has 1 aliphatic heterocycles. The summed E-state index contributed by atoms with van der Waals surface area (Å²) >= 11 is 6.13. The highest BCUT2D eigenvalue weighted by Gasteiger charge is 2.18. The normalized spacial score (nSPS) is 14.7. The molecule has 0 unspecified atom stereocenters. The number of carbonyl (C=O) groups excluding carboxylic acids is 1. The maximum atomic E-state index is 11.8. The summed E-state index contributed by atoms with van der Waals surface area (Å²) in [6.45, 7) is 2.51. The van der Waals surface area contributed by atoms with Gasteiger partial charge in [0.05, 0.1) is 5.02 Å². The molecule has 0 atom stereocenters. The van der Waals surface area contributed by atoms with E-state index in [4.69, 9.17) is 16.3 Å². The third-order valence-electron chi connectivity index (χ3n) is 3.19. The van der Waals surface area contributed by atoms with E-state index in [9.17, 15) is 4.79 Å². The van der Waals surface area contributed by atoms with E-state index in [-0.39, 0.29) is 12.5 Å². The van der Waals surface area contributed by atoms with Crippen LogP contribution in [0.5, 0.6) is 5.75 Å². The average molecular weight is 283 g/mol. The first-order valence-corrected chi connectivity index (χ1v) is 6.92. The van der Waals surface area contributed by atoms with Crippen molar-refractivity contribution in [1.82, 2.24) is 10.2 Å². The number of nitrogens with zero attached hydrogens (tertiary/aromatic N) is 1. The standard InChI is InChI=1S/C14H19ClN2O2/c1-16-9-11-4-5-13(12(15)8-11)19-10-14(18)17-6-2-3-7-17/h4-5,8,16H,2-3,6-7,9-10H2,1H3. The SMILES string of the molecule is CNCc1ccc(OCC(=O)N2CCCC2)c(Cl)c1. The molecule has 0 bridgehead atoms. The topological polar surface area (TPSA) is 41.6 Å². The second kappa shape index (κ2) is 6.78. The van der Waals surface area contributed by atoms with Gasteiger partial charge in [-0.3, -0.25) is 4.79 Å². The summed E-state index contributed by atoms with van der Waals surface area (Å²) in [5.41, 5.74) is 1.09. The van der Waals surface area contributed by atoms with Crippen molar-refractivity contribution in [2.75, 3.05) is 26.7 Å². The Morgan fingerprint density at radius 3 is 2.79 bits per heavy atom. The molecule has 1 aromatic carbocycles. The van der Waals surface area contributed by atoms with Crippen molar-refractivity contribution in [3.8, 4) is 5.75 Å². The molecule has 19 heavy (non-hydrogen) atoms. The van der Waals surface area contributed by atoms with Crippen molar-refractivity contribution in [3.05, 3.63) is 28.8 Å². The van der Waals surface area contributed by atoms with Crippen LogP contribution in [0.25, 0.3) is 0 Å². The second-order valence-electron chi connectivity index (χ2n) is 4.67. The summed E-state index contributed by atoms with van der Waals surface area (Å²) in [6, 6.07) is 5.61. The van der Waals surface area contributed by atoms with Gasteiger partial charge < -0.3 is 15.0 Å². The number of likely N-dealkylation sites (tertiary alicyclic amines) is 1. The van der Waals surface area contributed by atoms with Gasteiger partial charge in [0.2, 0.25) is 0 Å². The number of hydrogen-bond acceptors (Lipinski definition) is 3. The zero-order chi connectivity index (χ0) is 13.7. The number of hydrogen-bond donors (Lipinski definition) is 1. The zero-order valence-electron chi connectivity index (χ0n) is 11.1. The monoisotopic (exact) mass is 282 g/mol. The lowest BCUT2D eigenvalue weighted by atomic mass is 10.2. The molecule has 1 aliphatic rings. The lowest BCUT2D eigenvalue weighted by molar-refractivity contribution is -0.132. The highest BCUT2D eigenvalue weighted by Crippen LogP contribution is 2.25. The molecule has 1 fully saturated rings. The first kappa shape index (κ1) is 14.2. The Labute approximate surface area is 118 Å². The van der Waals surface area contributed by atoms with E-state index in [1.54, 1.807) is 0 Å². The number of carbonyl (C=O) groups is 1. The zero-order valence-corrected chi connectivity index (χ0v) is 11.9. The Bertz CT molecular complexity index is 445. The van der Waals surface area contributed by atoms with Crippen molar-refractivity contribution in [2.45, 2.75) is 19.4 Å². The second-order valence-corrected chi connectivity index (χ2v) is 5.08. The number of halogens is 1. The molecule has 0 saturated carbocycles. The first-order chi connectivity index (χ1) is 9.20. The maximum Gasteiger partial charge on any atom is 0.260 e. The molecule has 1 N–H and O–H groups in total. The van der Waals surface area contributed by atoms with Crippen molar-refractivity contribution in [3.63, 3.8) is 0 Å². The summed E-state index contributed by atoms with van der Waals surface area (Å²) < 4.78 is 5.50. The smallest absolute Gasteiger partial charge is 0.260 e. The van der Waals surface area contributed by atoms with E-state index < -0.39 is 0 Å². The largest absolute Gasteiger partial charge is 0.482 e. The number of nitrogens with one attached hydrogen (secondary N) is 1. The molecule has 0 spiro atoms. The Hall–Kier alpha value is -1.26. The highest BCUT2D eigenvalue weighted by molar-refractivity contribution is 6.32. The first-order valence-electron chi connectivity index (χ1n) is 6.54. The number of benzene rings is 1. The van der Waals surface area contributed by atoms with E-state index in [0.29, 0.717) is 10.8 Å². The lowest BCUT2D eigenvalue weighted by Crippen LogP contribution is -2.32. The molecule has 1 heterocycles. The molecule has 0 aromatic heterocycles. The van der Waals surface area contributed by atoms with Crippen LogP contribution in [0.3, 0.4) is 0 Å². The summed E-state index contributed by atoms with van der Waals surface area (Å²) in [6.07, 6.45) is 2.18. The summed E-state index contributed by atoms with van der Waals surface area (Å²) in [5.74, 6) is 0.599. The summed E-state index contributed by atoms with van der Waals surface area (Å²) in [4.78, 5) is 13.7. The number of ether oxygens (including phenoxy) is 1. The van der Waals surface area contributed by atoms with E-state index in [0.717, 1.165) is 38.0 Å². The Morgan fingerprint density at radius 2 is 2.16 bits per heavy atom. The van der Waals surface area contributed by atoms with Crippen LogP contribution >= 0.6 is 11.6 Å². The van der Waals surface area contributed by atoms with Crippen LogP contribution < -0.4 is 10.1 Å². The highest BCUT2D eigenvalue weighted by atomic mass is 35.5. The lowest BCUT2D eigenvalue weighted by Gasteiger charge is -2.16. The fourth-order valence-electron chi connectivity index (χ4n) is 2.17. The van der Waals surface area contributed by atoms with Gasteiger partial charge in [0.15, 0.2) is 6.61 Å². The van der Waals surface area contributed by atoms with E-state index in [1.807, 2.05) is 30.1 Å². The van der Waals surface area contributed by atoms with Crippen molar-refractivity contribution in [1.29, 1.82) is 0 Å². The van der Waals surface area contributed by atoms with Gasteiger partial charge in [-0.1, -0.05) is 17.7 Å². The van der Waals surface area contributed by atoms with Crippen LogP contribution in [-0.2, 0) is 11.3 Å². The van der Waals surface area contributed by atoms with Crippen molar-refractivity contribution in [2.24, 2.45) is 0 Å². The van der Waals surface area contributed by atoms with Gasteiger partial charge in [0.25, 0.3) is 5.91 Å². The van der Waals surface area contributed by atoms with Crippen LogP contribution in [0, 0.1) is 0 Å². The van der Waals surface area contributed by atoms with Crippen molar-refractivity contribution < 1.29 is 9.53 Å². The van der Waals surface area contributed by atoms with Crippen molar-refractivity contribution >= 4 is 17.5 Å². The Kier molecular flexibility index (Phi) is 5.05. The number of rotatable bonds is 5. The molecule has 104 valence electrons. The summed E-state index contributed by atoms with van der Waals surface area (Å²) in [7, 11) is 1.88. The van der Waals surface area contributed by atoms with Gasteiger partial charge in [0, 0.05) is 19.6 Å². The molecule has 4 nitrogen and oxygen atoms in total. The van der Waals surface area contributed by atoms with Gasteiger partial charge in [-0.25, -0.2) is 0 Å². The van der Waals surface area contributed by atoms with Crippen LogP contribution in [0.2, 0.25) is 5.02 Å². The van der Waals surface area contributed by atoms with Gasteiger partial charge in [-0.05, 0) is 37.6 Å². The van der Waals surface area contributed by atoms with Crippen LogP contribution in [0.1, 0.15) is 18.4 Å². The van der Waals surface area contributed by atoms with Gasteiger partial charge >= 0.3 is 0 Å². The molecule has 0 aliphatic carbocycles. The molecular weight excluding hydrogens is 264 g/mol.